The number of hydrogen-bond acceptors (Lipinski definition) is 7. The van der Waals surface area contributed by atoms with Crippen molar-refractivity contribution in [3.63, 3.8) is 0 Å². The maximum Gasteiger partial charge on any atom is 0.282 e. The van der Waals surface area contributed by atoms with Gasteiger partial charge in [0.2, 0.25) is 0 Å². The molecule has 1 N–H and O–H groups in total. The molecule has 0 bridgehead atoms. The summed E-state index contributed by atoms with van der Waals surface area (Å²) in [4.78, 5) is 38.7. The SMILES string of the molecule is COc1cc(NC2=C(c3ccc([N+](=O)[O-])cc3)C(=O)N(c3cccc(C)c3)C2=O)cc(OC)c1. The van der Waals surface area contributed by atoms with Gasteiger partial charge in [-0.3, -0.25) is 19.7 Å². The Bertz CT molecular complexity index is 1310. The number of carbonyl (C=O) groups excluding carboxylic acids is 2. The number of non-ortho nitro benzene ring substituents is 1. The van der Waals surface area contributed by atoms with E-state index in [-0.39, 0.29) is 17.0 Å². The van der Waals surface area contributed by atoms with Crippen LogP contribution in [-0.4, -0.2) is 31.0 Å². The molecule has 4 rings (SSSR count). The second kappa shape index (κ2) is 9.07. The standard InChI is InChI=1S/C25H21N3O6/c1-15-5-4-6-19(11-15)27-24(29)22(16-7-9-18(10-8-16)28(31)32)23(25(27)30)26-17-12-20(33-2)14-21(13-17)34-3/h4-14,26H,1-3H3. The Morgan fingerprint density at radius 2 is 1.53 bits per heavy atom. The second-order valence-electron chi connectivity index (χ2n) is 7.57. The van der Waals surface area contributed by atoms with Crippen molar-refractivity contribution < 1.29 is 24.0 Å². The van der Waals surface area contributed by atoms with Gasteiger partial charge >= 0.3 is 0 Å². The third-order valence-electron chi connectivity index (χ3n) is 5.33. The van der Waals surface area contributed by atoms with E-state index in [2.05, 4.69) is 5.32 Å². The van der Waals surface area contributed by atoms with Gasteiger partial charge < -0.3 is 14.8 Å². The molecule has 2 amide bonds. The van der Waals surface area contributed by atoms with Gasteiger partial charge in [-0.05, 0) is 42.3 Å². The predicted molar refractivity (Wildman–Crippen MR) is 127 cm³/mol. The predicted octanol–water partition coefficient (Wildman–Crippen LogP) is 4.32. The molecule has 1 aliphatic rings. The molecule has 0 aromatic heterocycles. The lowest BCUT2D eigenvalue weighted by molar-refractivity contribution is -0.384. The number of nitro groups is 1. The molecular formula is C25H21N3O6. The molecule has 34 heavy (non-hydrogen) atoms. The fourth-order valence-corrected chi connectivity index (χ4v) is 3.69. The van der Waals surface area contributed by atoms with Crippen molar-refractivity contribution in [2.24, 2.45) is 0 Å². The number of rotatable bonds is 7. The first-order valence-corrected chi connectivity index (χ1v) is 10.3. The molecule has 0 saturated heterocycles. The number of anilines is 2. The largest absolute Gasteiger partial charge is 0.497 e. The van der Waals surface area contributed by atoms with E-state index < -0.39 is 16.7 Å². The van der Waals surface area contributed by atoms with Gasteiger partial charge in [0.25, 0.3) is 17.5 Å². The number of nitro benzene ring substituents is 1. The van der Waals surface area contributed by atoms with Gasteiger partial charge in [0.15, 0.2) is 0 Å². The number of methoxy groups -OCH3 is 2. The number of aryl methyl sites for hydroxylation is 1. The van der Waals surface area contributed by atoms with E-state index in [0.717, 1.165) is 10.5 Å². The normalized spacial score (nSPS) is 13.3. The fraction of sp³-hybridized carbons (Fsp3) is 0.120. The second-order valence-corrected chi connectivity index (χ2v) is 7.57. The van der Waals surface area contributed by atoms with Crippen molar-refractivity contribution in [3.05, 3.63) is 93.7 Å². The van der Waals surface area contributed by atoms with Crippen LogP contribution in [0.2, 0.25) is 0 Å². The summed E-state index contributed by atoms with van der Waals surface area (Å²) in [6.07, 6.45) is 0. The number of imide groups is 1. The van der Waals surface area contributed by atoms with E-state index in [0.29, 0.717) is 28.4 Å². The number of nitrogens with one attached hydrogen (secondary N) is 1. The number of carbonyl (C=O) groups is 2. The van der Waals surface area contributed by atoms with Crippen LogP contribution in [0.1, 0.15) is 11.1 Å². The number of hydrogen-bond donors (Lipinski definition) is 1. The molecule has 0 radical (unpaired) electrons. The monoisotopic (exact) mass is 459 g/mol. The minimum Gasteiger partial charge on any atom is -0.497 e. The minimum atomic E-state index is -0.550. The van der Waals surface area contributed by atoms with Crippen LogP contribution in [0.3, 0.4) is 0 Å². The maximum absolute atomic E-state index is 13.5. The molecular weight excluding hydrogens is 438 g/mol. The van der Waals surface area contributed by atoms with Gasteiger partial charge in [0.1, 0.15) is 17.2 Å². The van der Waals surface area contributed by atoms with Crippen molar-refractivity contribution in [1.29, 1.82) is 0 Å². The van der Waals surface area contributed by atoms with E-state index in [1.165, 1.54) is 38.5 Å². The first kappa shape index (κ1) is 22.5. The Labute approximate surface area is 195 Å². The van der Waals surface area contributed by atoms with E-state index >= 15 is 0 Å². The maximum atomic E-state index is 13.5. The van der Waals surface area contributed by atoms with Gasteiger partial charge in [-0.2, -0.15) is 0 Å². The quantitative estimate of drug-likeness (QED) is 0.318. The summed E-state index contributed by atoms with van der Waals surface area (Å²) in [5.41, 5.74) is 2.17. The van der Waals surface area contributed by atoms with Gasteiger partial charge in [-0.1, -0.05) is 12.1 Å². The van der Waals surface area contributed by atoms with E-state index in [1.54, 1.807) is 36.4 Å². The highest BCUT2D eigenvalue weighted by Crippen LogP contribution is 2.36. The zero-order chi connectivity index (χ0) is 24.4. The lowest BCUT2D eigenvalue weighted by Crippen LogP contribution is -2.32. The van der Waals surface area contributed by atoms with E-state index in [1.807, 2.05) is 13.0 Å². The van der Waals surface area contributed by atoms with Crippen LogP contribution in [0.15, 0.2) is 72.4 Å². The van der Waals surface area contributed by atoms with Crippen LogP contribution in [0.4, 0.5) is 17.1 Å². The topological polar surface area (TPSA) is 111 Å². The summed E-state index contributed by atoms with van der Waals surface area (Å²) < 4.78 is 10.6. The Morgan fingerprint density at radius 3 is 2.09 bits per heavy atom. The van der Waals surface area contributed by atoms with Gasteiger partial charge in [-0.15, -0.1) is 0 Å². The smallest absolute Gasteiger partial charge is 0.282 e. The first-order chi connectivity index (χ1) is 16.3. The molecule has 3 aromatic carbocycles. The molecule has 0 unspecified atom stereocenters. The van der Waals surface area contributed by atoms with Crippen LogP contribution in [0.5, 0.6) is 11.5 Å². The Balaban J connectivity index is 1.84. The van der Waals surface area contributed by atoms with Crippen LogP contribution < -0.4 is 19.7 Å². The fourth-order valence-electron chi connectivity index (χ4n) is 3.69. The van der Waals surface area contributed by atoms with Crippen molar-refractivity contribution in [2.75, 3.05) is 24.4 Å². The molecule has 172 valence electrons. The highest BCUT2D eigenvalue weighted by molar-refractivity contribution is 6.46. The first-order valence-electron chi connectivity index (χ1n) is 10.3. The molecule has 0 atom stereocenters. The number of nitrogens with zero attached hydrogens (tertiary/aromatic N) is 2. The Morgan fingerprint density at radius 1 is 0.882 bits per heavy atom. The molecule has 0 fully saturated rings. The van der Waals surface area contributed by atoms with E-state index in [9.17, 15) is 19.7 Å². The average molecular weight is 459 g/mol. The van der Waals surface area contributed by atoms with E-state index in [4.69, 9.17) is 9.47 Å². The third kappa shape index (κ3) is 4.18. The summed E-state index contributed by atoms with van der Waals surface area (Å²) in [5, 5.41) is 14.1. The molecule has 0 saturated carbocycles. The summed E-state index contributed by atoms with van der Waals surface area (Å²) in [5.74, 6) is -0.106. The Hall–Kier alpha value is -4.66. The van der Waals surface area contributed by atoms with Crippen molar-refractivity contribution in [3.8, 4) is 11.5 Å². The van der Waals surface area contributed by atoms with Crippen LogP contribution in [0, 0.1) is 17.0 Å². The minimum absolute atomic E-state index is 0.0377. The number of benzene rings is 3. The lowest BCUT2D eigenvalue weighted by atomic mass is 10.0. The highest BCUT2D eigenvalue weighted by Gasteiger charge is 2.40. The average Bonchev–Trinajstić information content (AvgIpc) is 3.07. The van der Waals surface area contributed by atoms with Crippen molar-refractivity contribution >= 4 is 34.4 Å². The van der Waals surface area contributed by atoms with Crippen LogP contribution in [0.25, 0.3) is 5.57 Å². The summed E-state index contributed by atoms with van der Waals surface area (Å²) in [6, 6.07) is 17.5. The molecule has 0 spiro atoms. The van der Waals surface area contributed by atoms with Gasteiger partial charge in [-0.25, -0.2) is 4.90 Å². The Kier molecular flexibility index (Phi) is 6.01. The lowest BCUT2D eigenvalue weighted by Gasteiger charge is -2.16. The van der Waals surface area contributed by atoms with Gasteiger partial charge in [0, 0.05) is 36.0 Å². The molecule has 0 aliphatic carbocycles. The van der Waals surface area contributed by atoms with Crippen LogP contribution in [-0.2, 0) is 9.59 Å². The molecule has 3 aromatic rings. The van der Waals surface area contributed by atoms with Crippen LogP contribution >= 0.6 is 0 Å². The summed E-state index contributed by atoms with van der Waals surface area (Å²) in [6.45, 7) is 1.86. The zero-order valence-corrected chi connectivity index (χ0v) is 18.7. The van der Waals surface area contributed by atoms with Gasteiger partial charge in [0.05, 0.1) is 30.4 Å². The number of ether oxygens (including phenoxy) is 2. The molecule has 1 heterocycles. The molecule has 9 heteroatoms. The molecule has 9 nitrogen and oxygen atoms in total. The summed E-state index contributed by atoms with van der Waals surface area (Å²) >= 11 is 0. The highest BCUT2D eigenvalue weighted by atomic mass is 16.6. The van der Waals surface area contributed by atoms with Crippen molar-refractivity contribution in [1.82, 2.24) is 0 Å². The molecule has 1 aliphatic heterocycles. The number of amides is 2. The van der Waals surface area contributed by atoms with Crippen molar-refractivity contribution in [2.45, 2.75) is 6.92 Å². The third-order valence-corrected chi connectivity index (χ3v) is 5.33. The summed E-state index contributed by atoms with van der Waals surface area (Å²) in [7, 11) is 3.01. The zero-order valence-electron chi connectivity index (χ0n) is 18.7.